The number of nitrogens with two attached hydrogens (primary N) is 1. The number of carbonyl (C=O) groups is 1. The Morgan fingerprint density at radius 1 is 1.35 bits per heavy atom. The summed E-state index contributed by atoms with van der Waals surface area (Å²) in [5, 5.41) is 9.00. The zero-order valence-corrected chi connectivity index (χ0v) is 12.4. The first-order valence-electron chi connectivity index (χ1n) is 6.87. The summed E-state index contributed by atoms with van der Waals surface area (Å²) in [7, 11) is 6.27. The van der Waals surface area contributed by atoms with Crippen molar-refractivity contribution in [2.24, 2.45) is 0 Å². The minimum Gasteiger partial charge on any atom is -0.478 e. The van der Waals surface area contributed by atoms with Crippen LogP contribution in [0.5, 0.6) is 0 Å². The van der Waals surface area contributed by atoms with E-state index in [0.717, 1.165) is 12.2 Å². The molecular weight excluding hydrogens is 254 g/mol. The Balaban J connectivity index is 2.15. The van der Waals surface area contributed by atoms with Gasteiger partial charge in [0.25, 0.3) is 0 Å². The number of rotatable bonds is 5. The van der Waals surface area contributed by atoms with Crippen molar-refractivity contribution < 1.29 is 9.90 Å². The second kappa shape index (κ2) is 5.32. The van der Waals surface area contributed by atoms with Gasteiger partial charge in [0.2, 0.25) is 0 Å². The number of aromatic carboxylic acids is 1. The highest BCUT2D eigenvalue weighted by molar-refractivity contribution is 5.94. The number of benzene rings is 1. The summed E-state index contributed by atoms with van der Waals surface area (Å²) in [5.74, 6) is -0.986. The smallest absolute Gasteiger partial charge is 0.337 e. The highest BCUT2D eigenvalue weighted by Gasteiger charge is 2.39. The summed E-state index contributed by atoms with van der Waals surface area (Å²) in [6, 6.07) is 5.14. The van der Waals surface area contributed by atoms with Gasteiger partial charge in [-0.3, -0.25) is 0 Å². The minimum absolute atomic E-state index is 0.160. The topological polar surface area (TPSA) is 69.8 Å². The molecule has 1 aliphatic carbocycles. The fourth-order valence-corrected chi connectivity index (χ4v) is 2.85. The summed E-state index contributed by atoms with van der Waals surface area (Å²) < 4.78 is 0. The first-order valence-corrected chi connectivity index (χ1v) is 6.87. The highest BCUT2D eigenvalue weighted by atomic mass is 16.4. The molecule has 0 unspecified atom stereocenters. The van der Waals surface area contributed by atoms with Gasteiger partial charge in [0.05, 0.1) is 5.56 Å². The number of hydrogen-bond donors (Lipinski definition) is 2. The van der Waals surface area contributed by atoms with Gasteiger partial charge in [-0.25, -0.2) is 4.79 Å². The number of nitrogen functional groups attached to an aromatic ring is 1. The molecule has 20 heavy (non-hydrogen) atoms. The monoisotopic (exact) mass is 277 g/mol. The minimum atomic E-state index is -0.986. The summed E-state index contributed by atoms with van der Waals surface area (Å²) in [5.41, 5.74) is 7.48. The lowest BCUT2D eigenvalue weighted by Gasteiger charge is -2.49. The Kier molecular flexibility index (Phi) is 3.90. The molecule has 1 saturated carbocycles. The number of carboxylic acids is 1. The van der Waals surface area contributed by atoms with Crippen LogP contribution in [0.15, 0.2) is 18.2 Å². The van der Waals surface area contributed by atoms with Crippen molar-refractivity contribution in [3.63, 3.8) is 0 Å². The van der Waals surface area contributed by atoms with Crippen molar-refractivity contribution in [3.05, 3.63) is 23.8 Å². The predicted molar refractivity (Wildman–Crippen MR) is 81.4 cm³/mol. The fraction of sp³-hybridized carbons (Fsp3) is 0.533. The lowest BCUT2D eigenvalue weighted by atomic mass is 9.75. The predicted octanol–water partition coefficient (Wildman–Crippen LogP) is 1.89. The third-order valence-electron chi connectivity index (χ3n) is 4.47. The van der Waals surface area contributed by atoms with Gasteiger partial charge in [-0.1, -0.05) is 0 Å². The zero-order valence-electron chi connectivity index (χ0n) is 12.4. The third-order valence-corrected chi connectivity index (χ3v) is 4.47. The van der Waals surface area contributed by atoms with E-state index in [4.69, 9.17) is 10.8 Å². The lowest BCUT2D eigenvalue weighted by molar-refractivity contribution is 0.0682. The van der Waals surface area contributed by atoms with E-state index < -0.39 is 5.97 Å². The van der Waals surface area contributed by atoms with Crippen molar-refractivity contribution in [3.8, 4) is 0 Å². The molecule has 0 bridgehead atoms. The molecule has 0 saturated heterocycles. The van der Waals surface area contributed by atoms with Crippen LogP contribution >= 0.6 is 0 Å². The van der Waals surface area contributed by atoms with Crippen LogP contribution in [-0.2, 0) is 0 Å². The molecule has 1 aromatic rings. The fourth-order valence-electron chi connectivity index (χ4n) is 2.85. The van der Waals surface area contributed by atoms with E-state index in [2.05, 4.69) is 23.9 Å². The number of carboxylic acid groups (broad SMARTS) is 1. The van der Waals surface area contributed by atoms with E-state index in [-0.39, 0.29) is 11.1 Å². The molecule has 5 nitrogen and oxygen atoms in total. The molecule has 0 heterocycles. The van der Waals surface area contributed by atoms with E-state index in [1.807, 2.05) is 13.1 Å². The Labute approximate surface area is 120 Å². The summed E-state index contributed by atoms with van der Waals surface area (Å²) in [4.78, 5) is 15.4. The summed E-state index contributed by atoms with van der Waals surface area (Å²) in [6.07, 6.45) is 3.67. The maximum absolute atomic E-state index is 11.0. The normalized spacial score (nSPS) is 16.8. The molecule has 2 rings (SSSR count). The van der Waals surface area contributed by atoms with Gasteiger partial charge < -0.3 is 20.6 Å². The van der Waals surface area contributed by atoms with Gasteiger partial charge in [-0.05, 0) is 51.6 Å². The van der Waals surface area contributed by atoms with Gasteiger partial charge in [0.1, 0.15) is 0 Å². The largest absolute Gasteiger partial charge is 0.478 e. The molecule has 3 N–H and O–H groups in total. The Morgan fingerprint density at radius 3 is 2.40 bits per heavy atom. The van der Waals surface area contributed by atoms with Gasteiger partial charge >= 0.3 is 5.97 Å². The van der Waals surface area contributed by atoms with Crippen molar-refractivity contribution >= 4 is 17.3 Å². The van der Waals surface area contributed by atoms with Crippen molar-refractivity contribution in [2.45, 2.75) is 24.8 Å². The number of likely N-dealkylation sites (N-methyl/N-ethyl adjacent to an activating group) is 2. The Morgan fingerprint density at radius 2 is 2.00 bits per heavy atom. The average molecular weight is 277 g/mol. The third kappa shape index (κ3) is 2.58. The average Bonchev–Trinajstić information content (AvgIpc) is 2.32. The van der Waals surface area contributed by atoms with E-state index in [9.17, 15) is 4.79 Å². The molecule has 0 amide bonds. The molecule has 0 spiro atoms. The van der Waals surface area contributed by atoms with Gasteiger partial charge in [0.15, 0.2) is 0 Å². The first-order chi connectivity index (χ1) is 9.35. The lowest BCUT2D eigenvalue weighted by Crippen LogP contribution is -2.56. The van der Waals surface area contributed by atoms with Crippen LogP contribution in [0.4, 0.5) is 11.4 Å². The molecule has 5 heteroatoms. The number of anilines is 2. The summed E-state index contributed by atoms with van der Waals surface area (Å²) in [6.45, 7) is 0.922. The van der Waals surface area contributed by atoms with E-state index in [1.165, 1.54) is 19.3 Å². The van der Waals surface area contributed by atoms with Gasteiger partial charge in [-0.2, -0.15) is 0 Å². The molecule has 0 aromatic heterocycles. The van der Waals surface area contributed by atoms with Crippen LogP contribution in [0.2, 0.25) is 0 Å². The first kappa shape index (κ1) is 14.7. The van der Waals surface area contributed by atoms with Crippen LogP contribution in [0.3, 0.4) is 0 Å². The van der Waals surface area contributed by atoms with Gasteiger partial charge in [-0.15, -0.1) is 0 Å². The standard InChI is InChI=1S/C15H23N3O2/c1-17(2)15(7-4-8-15)10-18(3)11-5-6-12(14(19)20)13(16)9-11/h5-6,9H,4,7-8,10,16H2,1-3H3,(H,19,20). The van der Waals surface area contributed by atoms with Crippen LogP contribution in [0, 0.1) is 0 Å². The number of nitrogens with zero attached hydrogens (tertiary/aromatic N) is 2. The molecular formula is C15H23N3O2. The quantitative estimate of drug-likeness (QED) is 0.804. The van der Waals surface area contributed by atoms with Crippen molar-refractivity contribution in [1.82, 2.24) is 4.90 Å². The molecule has 0 aliphatic heterocycles. The maximum Gasteiger partial charge on any atom is 0.337 e. The van der Waals surface area contributed by atoms with Crippen LogP contribution in [0.1, 0.15) is 29.6 Å². The second-order valence-electron chi connectivity index (χ2n) is 5.91. The van der Waals surface area contributed by atoms with E-state index in [1.54, 1.807) is 12.1 Å². The number of hydrogen-bond acceptors (Lipinski definition) is 4. The van der Waals surface area contributed by atoms with E-state index in [0.29, 0.717) is 5.69 Å². The molecule has 1 aliphatic rings. The Bertz CT molecular complexity index is 510. The van der Waals surface area contributed by atoms with Crippen LogP contribution in [-0.4, -0.2) is 49.2 Å². The summed E-state index contributed by atoms with van der Waals surface area (Å²) >= 11 is 0. The molecule has 0 radical (unpaired) electrons. The van der Waals surface area contributed by atoms with E-state index >= 15 is 0 Å². The molecule has 0 atom stereocenters. The van der Waals surface area contributed by atoms with Crippen molar-refractivity contribution in [2.75, 3.05) is 38.3 Å². The van der Waals surface area contributed by atoms with Gasteiger partial charge in [0, 0.05) is 30.5 Å². The Hall–Kier alpha value is -1.75. The second-order valence-corrected chi connectivity index (χ2v) is 5.91. The SMILES string of the molecule is CN(CC1(N(C)C)CCC1)c1ccc(C(=O)O)c(N)c1. The maximum atomic E-state index is 11.0. The van der Waals surface area contributed by atoms with Crippen molar-refractivity contribution in [1.29, 1.82) is 0 Å². The van der Waals surface area contributed by atoms with Crippen LogP contribution < -0.4 is 10.6 Å². The molecule has 110 valence electrons. The zero-order chi connectivity index (χ0) is 14.9. The highest BCUT2D eigenvalue weighted by Crippen LogP contribution is 2.37. The molecule has 1 fully saturated rings. The van der Waals surface area contributed by atoms with Crippen LogP contribution in [0.25, 0.3) is 0 Å². The molecule has 1 aromatic carbocycles.